The summed E-state index contributed by atoms with van der Waals surface area (Å²) in [5.41, 5.74) is 5.78. The van der Waals surface area contributed by atoms with Crippen molar-refractivity contribution in [3.63, 3.8) is 0 Å². The fourth-order valence-electron chi connectivity index (χ4n) is 2.88. The van der Waals surface area contributed by atoms with Gasteiger partial charge in [-0.2, -0.15) is 0 Å². The molecule has 0 spiro atoms. The summed E-state index contributed by atoms with van der Waals surface area (Å²) in [6.07, 6.45) is 5.44. The van der Waals surface area contributed by atoms with E-state index in [1.165, 1.54) is 6.42 Å². The number of carboxylic acid groups (broad SMARTS) is 1. The molecule has 4 N–H and O–H groups in total. The Kier molecular flexibility index (Phi) is 12.1. The van der Waals surface area contributed by atoms with Gasteiger partial charge in [-0.05, 0) is 37.0 Å². The Morgan fingerprint density at radius 1 is 1.04 bits per heavy atom. The van der Waals surface area contributed by atoms with Crippen LogP contribution < -0.4 is 11.1 Å². The molecule has 0 bridgehead atoms. The minimum atomic E-state index is -0.923. The highest BCUT2D eigenvalue weighted by atomic mass is 16.4. The van der Waals surface area contributed by atoms with E-state index in [9.17, 15) is 19.5 Å². The van der Waals surface area contributed by atoms with Gasteiger partial charge in [0.15, 0.2) is 0 Å². The maximum atomic E-state index is 12.0. The molecular formula is C20H38N2O4. The molecule has 1 amide bonds. The molecule has 0 aromatic carbocycles. The Morgan fingerprint density at radius 3 is 2.12 bits per heavy atom. The summed E-state index contributed by atoms with van der Waals surface area (Å²) in [5, 5.41) is 12.0. The second kappa shape index (κ2) is 12.8. The van der Waals surface area contributed by atoms with Crippen molar-refractivity contribution in [1.29, 1.82) is 0 Å². The lowest BCUT2D eigenvalue weighted by molar-refractivity contribution is -0.143. The molecule has 6 nitrogen and oxygen atoms in total. The predicted octanol–water partition coefficient (Wildman–Crippen LogP) is 2.99. The fraction of sp³-hybridized carbons (Fsp3) is 0.850. The van der Waals surface area contributed by atoms with Gasteiger partial charge in [0.1, 0.15) is 6.29 Å². The van der Waals surface area contributed by atoms with Crippen LogP contribution in [0.3, 0.4) is 0 Å². The van der Waals surface area contributed by atoms with Gasteiger partial charge in [-0.25, -0.2) is 0 Å². The van der Waals surface area contributed by atoms with Crippen LogP contribution in [0.2, 0.25) is 0 Å². The minimum Gasteiger partial charge on any atom is -0.481 e. The van der Waals surface area contributed by atoms with Crippen LogP contribution in [0.1, 0.15) is 73.1 Å². The Morgan fingerprint density at radius 2 is 1.65 bits per heavy atom. The fourth-order valence-corrected chi connectivity index (χ4v) is 2.88. The zero-order chi connectivity index (χ0) is 20.3. The first-order valence-corrected chi connectivity index (χ1v) is 9.82. The monoisotopic (exact) mass is 370 g/mol. The average molecular weight is 371 g/mol. The first kappa shape index (κ1) is 24.6. The topological polar surface area (TPSA) is 109 Å². The number of carboxylic acids is 1. The lowest BCUT2D eigenvalue weighted by Crippen LogP contribution is -2.49. The first-order chi connectivity index (χ1) is 12.1. The van der Waals surface area contributed by atoms with Crippen LogP contribution >= 0.6 is 0 Å². The van der Waals surface area contributed by atoms with Crippen LogP contribution in [0.5, 0.6) is 0 Å². The molecule has 2 unspecified atom stereocenters. The molecule has 26 heavy (non-hydrogen) atoms. The first-order valence-electron chi connectivity index (χ1n) is 9.82. The minimum absolute atomic E-state index is 0.0516. The quantitative estimate of drug-likeness (QED) is 0.407. The highest BCUT2D eigenvalue weighted by molar-refractivity contribution is 5.84. The van der Waals surface area contributed by atoms with Crippen molar-refractivity contribution in [3.05, 3.63) is 0 Å². The van der Waals surface area contributed by atoms with E-state index in [4.69, 9.17) is 5.73 Å². The van der Waals surface area contributed by atoms with E-state index in [0.29, 0.717) is 24.5 Å². The van der Waals surface area contributed by atoms with Gasteiger partial charge < -0.3 is 21.0 Å². The third kappa shape index (κ3) is 10.5. The summed E-state index contributed by atoms with van der Waals surface area (Å²) in [5.74, 6) is -0.896. The Hall–Kier alpha value is -1.43. The molecule has 0 saturated carbocycles. The number of hydrogen-bond donors (Lipinski definition) is 3. The lowest BCUT2D eigenvalue weighted by atomic mass is 9.89. The van der Waals surface area contributed by atoms with Crippen molar-refractivity contribution < 1.29 is 19.5 Å². The molecule has 4 atom stereocenters. The summed E-state index contributed by atoms with van der Waals surface area (Å²) in [4.78, 5) is 34.8. The van der Waals surface area contributed by atoms with E-state index in [1.807, 2.05) is 13.8 Å². The Balaban J connectivity index is 4.52. The highest BCUT2D eigenvalue weighted by Crippen LogP contribution is 2.22. The van der Waals surface area contributed by atoms with Crippen LogP contribution in [0.4, 0.5) is 0 Å². The van der Waals surface area contributed by atoms with Gasteiger partial charge in [-0.3, -0.25) is 9.59 Å². The van der Waals surface area contributed by atoms with E-state index in [0.717, 1.165) is 19.3 Å². The lowest BCUT2D eigenvalue weighted by Gasteiger charge is -2.22. The summed E-state index contributed by atoms with van der Waals surface area (Å²) in [7, 11) is 0. The van der Waals surface area contributed by atoms with E-state index < -0.39 is 29.9 Å². The SMILES string of the molecule is CC(C)CCCC(C)CCC(C[C@@H](C=O)NC(=O)[C@@H](N)C(C)C)C(=O)O. The summed E-state index contributed by atoms with van der Waals surface area (Å²) in [6.45, 7) is 10.2. The van der Waals surface area contributed by atoms with Gasteiger partial charge >= 0.3 is 5.97 Å². The molecular weight excluding hydrogens is 332 g/mol. The molecule has 0 aliphatic carbocycles. The van der Waals surface area contributed by atoms with Gasteiger partial charge in [0.25, 0.3) is 0 Å². The summed E-state index contributed by atoms with van der Waals surface area (Å²) in [6, 6.07) is -1.52. The molecule has 0 aliphatic rings. The third-order valence-corrected chi connectivity index (χ3v) is 4.89. The zero-order valence-corrected chi connectivity index (χ0v) is 17.0. The molecule has 0 saturated heterocycles. The standard InChI is InChI=1S/C20H38N2O4/c1-13(2)7-6-8-15(5)9-10-16(20(25)26)11-17(12-23)22-19(24)18(21)14(3)4/h12-18H,6-11,21H2,1-5H3,(H,22,24)(H,25,26)/t15?,16?,17-,18-/m0/s1. The smallest absolute Gasteiger partial charge is 0.306 e. The highest BCUT2D eigenvalue weighted by Gasteiger charge is 2.26. The number of amides is 1. The maximum absolute atomic E-state index is 12.0. The number of aldehydes is 1. The van der Waals surface area contributed by atoms with Gasteiger partial charge in [-0.1, -0.05) is 53.9 Å². The normalized spacial score (nSPS) is 16.2. The second-order valence-corrected chi connectivity index (χ2v) is 8.30. The van der Waals surface area contributed by atoms with Crippen LogP contribution in [-0.4, -0.2) is 35.4 Å². The largest absolute Gasteiger partial charge is 0.481 e. The molecule has 0 fully saturated rings. The molecule has 0 rings (SSSR count). The van der Waals surface area contributed by atoms with Crippen LogP contribution in [-0.2, 0) is 14.4 Å². The number of carbonyl (C=O) groups is 3. The number of carbonyl (C=O) groups excluding carboxylic acids is 2. The molecule has 6 heteroatoms. The van der Waals surface area contributed by atoms with Crippen molar-refractivity contribution in [2.24, 2.45) is 29.4 Å². The Bertz CT molecular complexity index is 438. The number of nitrogens with one attached hydrogen (secondary N) is 1. The van der Waals surface area contributed by atoms with Crippen LogP contribution in [0.25, 0.3) is 0 Å². The molecule has 0 aromatic rings. The van der Waals surface area contributed by atoms with Crippen molar-refractivity contribution in [2.75, 3.05) is 0 Å². The van der Waals surface area contributed by atoms with Crippen molar-refractivity contribution in [1.82, 2.24) is 5.32 Å². The van der Waals surface area contributed by atoms with Gasteiger partial charge in [-0.15, -0.1) is 0 Å². The van der Waals surface area contributed by atoms with Gasteiger partial charge in [0, 0.05) is 0 Å². The molecule has 0 aliphatic heterocycles. The van der Waals surface area contributed by atoms with E-state index in [1.54, 1.807) is 0 Å². The summed E-state index contributed by atoms with van der Waals surface area (Å²) < 4.78 is 0. The summed E-state index contributed by atoms with van der Waals surface area (Å²) >= 11 is 0. The molecule has 0 aromatic heterocycles. The zero-order valence-electron chi connectivity index (χ0n) is 17.0. The molecule has 0 heterocycles. The molecule has 152 valence electrons. The van der Waals surface area contributed by atoms with E-state index in [2.05, 4.69) is 26.1 Å². The Labute approximate surface area is 158 Å². The maximum Gasteiger partial charge on any atom is 0.306 e. The number of hydrogen-bond acceptors (Lipinski definition) is 4. The van der Waals surface area contributed by atoms with E-state index >= 15 is 0 Å². The second-order valence-electron chi connectivity index (χ2n) is 8.30. The number of aliphatic carboxylic acids is 1. The number of nitrogens with two attached hydrogens (primary N) is 1. The van der Waals surface area contributed by atoms with Crippen molar-refractivity contribution in [3.8, 4) is 0 Å². The predicted molar refractivity (Wildman–Crippen MR) is 104 cm³/mol. The van der Waals surface area contributed by atoms with Crippen LogP contribution in [0, 0.1) is 23.7 Å². The van der Waals surface area contributed by atoms with E-state index in [-0.39, 0.29) is 12.3 Å². The van der Waals surface area contributed by atoms with Crippen molar-refractivity contribution >= 4 is 18.2 Å². The van der Waals surface area contributed by atoms with Crippen LogP contribution in [0.15, 0.2) is 0 Å². The average Bonchev–Trinajstić information content (AvgIpc) is 2.55. The molecule has 0 radical (unpaired) electrons. The van der Waals surface area contributed by atoms with Gasteiger partial charge in [0.2, 0.25) is 5.91 Å². The van der Waals surface area contributed by atoms with Crippen molar-refractivity contribution in [2.45, 2.75) is 85.2 Å². The van der Waals surface area contributed by atoms with Gasteiger partial charge in [0.05, 0.1) is 18.0 Å². The number of rotatable bonds is 14. The third-order valence-electron chi connectivity index (χ3n) is 4.89.